The number of aromatic nitrogens is 3. The van der Waals surface area contributed by atoms with E-state index in [0.717, 1.165) is 0 Å². The average Bonchev–Trinajstić information content (AvgIpc) is 2.94. The summed E-state index contributed by atoms with van der Waals surface area (Å²) in [4.78, 5) is 11.0. The molecule has 8 heteroatoms. The van der Waals surface area contributed by atoms with Crippen molar-refractivity contribution in [2.75, 3.05) is 12.3 Å². The molecule has 2 aromatic heterocycles. The summed E-state index contributed by atoms with van der Waals surface area (Å²) in [5.74, 6) is 0.322. The zero-order valence-corrected chi connectivity index (χ0v) is 9.98. The first-order valence-corrected chi connectivity index (χ1v) is 5.94. The molecule has 1 saturated heterocycles. The van der Waals surface area contributed by atoms with Crippen molar-refractivity contribution >= 4 is 16.9 Å². The molecule has 0 aromatic carbocycles. The lowest BCUT2D eigenvalue weighted by molar-refractivity contribution is 0.0196. The molecule has 3 heterocycles. The van der Waals surface area contributed by atoms with Crippen LogP contribution in [0, 0.1) is 0 Å². The second-order valence-electron chi connectivity index (χ2n) is 4.64. The Morgan fingerprint density at radius 1 is 1.26 bits per heavy atom. The van der Waals surface area contributed by atoms with Crippen LogP contribution in [0.15, 0.2) is 12.5 Å². The van der Waals surface area contributed by atoms with E-state index >= 15 is 0 Å². The fraction of sp³-hybridized carbons (Fsp3) is 0.455. The third-order valence-corrected chi connectivity index (χ3v) is 3.55. The van der Waals surface area contributed by atoms with E-state index in [-0.39, 0.29) is 6.61 Å². The molecule has 0 spiro atoms. The van der Waals surface area contributed by atoms with Gasteiger partial charge in [0.25, 0.3) is 0 Å². The van der Waals surface area contributed by atoms with Crippen LogP contribution in [-0.4, -0.2) is 55.1 Å². The van der Waals surface area contributed by atoms with Gasteiger partial charge < -0.3 is 31.4 Å². The minimum Gasteiger partial charge on any atom is -0.395 e. The molecular weight excluding hydrogens is 250 g/mol. The van der Waals surface area contributed by atoms with Gasteiger partial charge in [-0.2, -0.15) is 0 Å². The molecule has 4 atom stereocenters. The number of H-pyrrole nitrogens is 1. The van der Waals surface area contributed by atoms with Crippen LogP contribution in [0.3, 0.4) is 0 Å². The lowest BCUT2D eigenvalue weighted by Crippen LogP contribution is -2.35. The van der Waals surface area contributed by atoms with Crippen LogP contribution in [0.25, 0.3) is 11.0 Å². The smallest absolute Gasteiger partial charge is 0.151 e. The third kappa shape index (κ3) is 1.77. The Morgan fingerprint density at radius 3 is 2.74 bits per heavy atom. The molecule has 0 bridgehead atoms. The molecule has 0 saturated carbocycles. The SMILES string of the molecule is Nc1ncnc2c([C@@H]3N[C@H](CO)C(O)[C@@H]3O)c[nH]c12. The quantitative estimate of drug-likeness (QED) is 0.379. The van der Waals surface area contributed by atoms with Gasteiger partial charge in [-0.15, -0.1) is 0 Å². The summed E-state index contributed by atoms with van der Waals surface area (Å²) in [5.41, 5.74) is 7.60. The molecule has 19 heavy (non-hydrogen) atoms. The second kappa shape index (κ2) is 4.42. The summed E-state index contributed by atoms with van der Waals surface area (Å²) >= 11 is 0. The maximum Gasteiger partial charge on any atom is 0.151 e. The van der Waals surface area contributed by atoms with Gasteiger partial charge in [0.15, 0.2) is 5.82 Å². The van der Waals surface area contributed by atoms with E-state index in [0.29, 0.717) is 22.4 Å². The Labute approximate surface area is 108 Å². The summed E-state index contributed by atoms with van der Waals surface area (Å²) in [5, 5.41) is 32.0. The van der Waals surface area contributed by atoms with Crippen LogP contribution in [-0.2, 0) is 0 Å². The van der Waals surface area contributed by atoms with Crippen LogP contribution >= 0.6 is 0 Å². The summed E-state index contributed by atoms with van der Waals surface area (Å²) in [6.07, 6.45) is 0.964. The average molecular weight is 265 g/mol. The van der Waals surface area contributed by atoms with Gasteiger partial charge in [0, 0.05) is 11.8 Å². The third-order valence-electron chi connectivity index (χ3n) is 3.55. The van der Waals surface area contributed by atoms with Gasteiger partial charge >= 0.3 is 0 Å². The number of fused-ring (bicyclic) bond motifs is 1. The standard InChI is InChI=1S/C11H15N5O3/c12-11-8-6(14-3-15-11)4(1-13-8)7-10(19)9(18)5(2-17)16-7/h1,3,5,7,9-10,13,16-19H,2H2,(H2,12,14,15)/t5-,7+,9?,10-/m1/s1. The number of nitrogen functional groups attached to an aromatic ring is 1. The number of hydrogen-bond acceptors (Lipinski definition) is 7. The van der Waals surface area contributed by atoms with Crippen molar-refractivity contribution in [2.24, 2.45) is 0 Å². The van der Waals surface area contributed by atoms with Crippen LogP contribution in [0.2, 0.25) is 0 Å². The molecule has 0 aliphatic carbocycles. The Bertz CT molecular complexity index is 601. The summed E-state index contributed by atoms with van der Waals surface area (Å²) in [7, 11) is 0. The van der Waals surface area contributed by atoms with Crippen LogP contribution < -0.4 is 11.1 Å². The number of rotatable bonds is 2. The monoisotopic (exact) mass is 265 g/mol. The molecule has 1 fully saturated rings. The first-order valence-electron chi connectivity index (χ1n) is 5.94. The van der Waals surface area contributed by atoms with E-state index in [1.165, 1.54) is 6.33 Å². The van der Waals surface area contributed by atoms with Crippen molar-refractivity contribution < 1.29 is 15.3 Å². The predicted octanol–water partition coefficient (Wildman–Crippen LogP) is -1.73. The number of nitrogens with zero attached hydrogens (tertiary/aromatic N) is 2. The number of anilines is 1. The molecule has 1 aliphatic rings. The summed E-state index contributed by atoms with van der Waals surface area (Å²) < 4.78 is 0. The highest BCUT2D eigenvalue weighted by Crippen LogP contribution is 2.32. The molecule has 3 rings (SSSR count). The van der Waals surface area contributed by atoms with E-state index in [2.05, 4.69) is 20.3 Å². The highest BCUT2D eigenvalue weighted by molar-refractivity contribution is 5.87. The number of aromatic amines is 1. The van der Waals surface area contributed by atoms with Crippen molar-refractivity contribution in [1.82, 2.24) is 20.3 Å². The van der Waals surface area contributed by atoms with Crippen molar-refractivity contribution in [1.29, 1.82) is 0 Å². The number of nitrogens with two attached hydrogens (primary N) is 1. The molecular formula is C11H15N5O3. The fourth-order valence-corrected chi connectivity index (χ4v) is 2.51. The molecule has 0 radical (unpaired) electrons. The largest absolute Gasteiger partial charge is 0.395 e. The maximum atomic E-state index is 10.0. The molecule has 1 aliphatic heterocycles. The van der Waals surface area contributed by atoms with Crippen molar-refractivity contribution in [2.45, 2.75) is 24.3 Å². The van der Waals surface area contributed by atoms with Gasteiger partial charge in [-0.3, -0.25) is 0 Å². The van der Waals surface area contributed by atoms with Crippen LogP contribution in [0.4, 0.5) is 5.82 Å². The molecule has 0 amide bonds. The van der Waals surface area contributed by atoms with Crippen LogP contribution in [0.1, 0.15) is 11.6 Å². The van der Waals surface area contributed by atoms with E-state index in [1.807, 2.05) is 0 Å². The van der Waals surface area contributed by atoms with Gasteiger partial charge in [-0.1, -0.05) is 0 Å². The van der Waals surface area contributed by atoms with Gasteiger partial charge in [0.1, 0.15) is 17.9 Å². The molecule has 8 nitrogen and oxygen atoms in total. The first-order chi connectivity index (χ1) is 9.13. The Morgan fingerprint density at radius 2 is 2.05 bits per heavy atom. The predicted molar refractivity (Wildman–Crippen MR) is 67.1 cm³/mol. The van der Waals surface area contributed by atoms with Crippen molar-refractivity contribution in [3.63, 3.8) is 0 Å². The zero-order valence-electron chi connectivity index (χ0n) is 9.98. The molecule has 2 aromatic rings. The minimum absolute atomic E-state index is 0.256. The lowest BCUT2D eigenvalue weighted by Gasteiger charge is -2.14. The van der Waals surface area contributed by atoms with E-state index < -0.39 is 24.3 Å². The Hall–Kier alpha value is -1.74. The lowest BCUT2D eigenvalue weighted by atomic mass is 10.0. The summed E-state index contributed by atoms with van der Waals surface area (Å²) in [6.45, 7) is -0.256. The molecule has 102 valence electrons. The van der Waals surface area contributed by atoms with Gasteiger partial charge in [-0.05, 0) is 0 Å². The zero-order chi connectivity index (χ0) is 13.6. The van der Waals surface area contributed by atoms with E-state index in [1.54, 1.807) is 6.20 Å². The Balaban J connectivity index is 2.04. The van der Waals surface area contributed by atoms with E-state index in [9.17, 15) is 10.2 Å². The number of nitrogens with one attached hydrogen (secondary N) is 2. The van der Waals surface area contributed by atoms with Gasteiger partial charge in [-0.25, -0.2) is 9.97 Å². The molecule has 1 unspecified atom stereocenters. The number of hydrogen-bond donors (Lipinski definition) is 6. The van der Waals surface area contributed by atoms with Gasteiger partial charge in [0.2, 0.25) is 0 Å². The van der Waals surface area contributed by atoms with Crippen LogP contribution in [0.5, 0.6) is 0 Å². The van der Waals surface area contributed by atoms with Crippen molar-refractivity contribution in [3.05, 3.63) is 18.1 Å². The highest BCUT2D eigenvalue weighted by Gasteiger charge is 2.42. The number of aliphatic hydroxyl groups is 3. The molecule has 7 N–H and O–H groups in total. The summed E-state index contributed by atoms with van der Waals surface area (Å²) in [6, 6.07) is -1.08. The minimum atomic E-state index is -1.03. The number of aliphatic hydroxyl groups excluding tert-OH is 3. The van der Waals surface area contributed by atoms with Gasteiger partial charge in [0.05, 0.1) is 30.3 Å². The Kier molecular flexibility index (Phi) is 2.86. The fourth-order valence-electron chi connectivity index (χ4n) is 2.51. The van der Waals surface area contributed by atoms with E-state index in [4.69, 9.17) is 10.8 Å². The van der Waals surface area contributed by atoms with Crippen molar-refractivity contribution in [3.8, 4) is 0 Å². The first kappa shape index (κ1) is 12.3. The maximum absolute atomic E-state index is 10.0. The normalized spacial score (nSPS) is 31.1. The second-order valence-corrected chi connectivity index (χ2v) is 4.64. The topological polar surface area (TPSA) is 140 Å². The highest BCUT2D eigenvalue weighted by atomic mass is 16.3.